The van der Waals surface area contributed by atoms with Crippen molar-refractivity contribution in [3.8, 4) is 0 Å². The van der Waals surface area contributed by atoms with E-state index in [9.17, 15) is 0 Å². The molecule has 0 saturated carbocycles. The van der Waals surface area contributed by atoms with Gasteiger partial charge in [0.1, 0.15) is 0 Å². The fraction of sp³-hybridized carbons (Fsp3) is 0.400. The van der Waals surface area contributed by atoms with Crippen molar-refractivity contribution in [2.45, 2.75) is 31.7 Å². The van der Waals surface area contributed by atoms with Crippen LogP contribution >= 0.6 is 0 Å². The maximum atomic E-state index is 5.67. The van der Waals surface area contributed by atoms with E-state index in [0.717, 1.165) is 6.42 Å². The number of nitrogens with zero attached hydrogens (tertiary/aromatic N) is 2. The van der Waals surface area contributed by atoms with E-state index >= 15 is 0 Å². The smallest absolute Gasteiger partial charge is 0.0953 e. The van der Waals surface area contributed by atoms with Gasteiger partial charge in [-0.05, 0) is 36.9 Å². The summed E-state index contributed by atoms with van der Waals surface area (Å²) in [6.45, 7) is 0.681. The number of imidazole rings is 1. The lowest BCUT2D eigenvalue weighted by Gasteiger charge is -2.28. The van der Waals surface area contributed by atoms with Gasteiger partial charge in [-0.1, -0.05) is 24.3 Å². The standard InChI is InChI=1S/C15H19N3/c16-9-8-13-10-17-11-18(13)15-7-3-5-12-4-1-2-6-14(12)15/h1-2,4,6,10-11,15H,3,5,7-9,16H2. The zero-order valence-corrected chi connectivity index (χ0v) is 10.5. The summed E-state index contributed by atoms with van der Waals surface area (Å²) in [4.78, 5) is 4.30. The molecular formula is C15H19N3. The minimum atomic E-state index is 0.444. The summed E-state index contributed by atoms with van der Waals surface area (Å²) in [5, 5.41) is 0. The molecule has 1 aromatic carbocycles. The van der Waals surface area contributed by atoms with Crippen LogP contribution in [0.4, 0.5) is 0 Å². The summed E-state index contributed by atoms with van der Waals surface area (Å²) >= 11 is 0. The quantitative estimate of drug-likeness (QED) is 0.896. The van der Waals surface area contributed by atoms with Crippen LogP contribution in [0.3, 0.4) is 0 Å². The van der Waals surface area contributed by atoms with Gasteiger partial charge in [0.05, 0.1) is 12.4 Å². The highest BCUT2D eigenvalue weighted by molar-refractivity contribution is 5.33. The van der Waals surface area contributed by atoms with Gasteiger partial charge in [0.25, 0.3) is 0 Å². The minimum absolute atomic E-state index is 0.444. The Bertz CT molecular complexity index is 530. The van der Waals surface area contributed by atoms with Gasteiger partial charge in [-0.25, -0.2) is 4.98 Å². The molecule has 0 bridgehead atoms. The van der Waals surface area contributed by atoms with Crippen LogP contribution in [0, 0.1) is 0 Å². The maximum absolute atomic E-state index is 5.67. The number of aryl methyl sites for hydroxylation is 1. The monoisotopic (exact) mass is 241 g/mol. The van der Waals surface area contributed by atoms with Gasteiger partial charge in [-0.3, -0.25) is 0 Å². The van der Waals surface area contributed by atoms with E-state index in [-0.39, 0.29) is 0 Å². The molecule has 1 aliphatic rings. The zero-order chi connectivity index (χ0) is 12.4. The SMILES string of the molecule is NCCc1cncn1C1CCCc2ccccc21. The summed E-state index contributed by atoms with van der Waals surface area (Å²) in [5.74, 6) is 0. The molecule has 1 aromatic heterocycles. The normalized spacial score (nSPS) is 18.6. The molecule has 18 heavy (non-hydrogen) atoms. The molecule has 1 atom stereocenters. The van der Waals surface area contributed by atoms with Crippen molar-refractivity contribution in [3.05, 3.63) is 53.6 Å². The summed E-state index contributed by atoms with van der Waals surface area (Å²) < 4.78 is 2.31. The van der Waals surface area contributed by atoms with Crippen molar-refractivity contribution in [1.82, 2.24) is 9.55 Å². The first-order valence-electron chi connectivity index (χ1n) is 6.68. The molecule has 0 saturated heterocycles. The van der Waals surface area contributed by atoms with Crippen LogP contribution in [0.5, 0.6) is 0 Å². The van der Waals surface area contributed by atoms with Crippen molar-refractivity contribution in [2.24, 2.45) is 5.73 Å². The van der Waals surface area contributed by atoms with Crippen LogP contribution in [0.15, 0.2) is 36.8 Å². The lowest BCUT2D eigenvalue weighted by atomic mass is 9.87. The number of hydrogen-bond donors (Lipinski definition) is 1. The molecule has 3 rings (SSSR count). The first kappa shape index (κ1) is 11.5. The fourth-order valence-electron chi connectivity index (χ4n) is 2.97. The van der Waals surface area contributed by atoms with Crippen LogP contribution in [-0.4, -0.2) is 16.1 Å². The Hall–Kier alpha value is -1.61. The van der Waals surface area contributed by atoms with Gasteiger partial charge in [0.2, 0.25) is 0 Å². The molecule has 94 valence electrons. The lowest BCUT2D eigenvalue weighted by molar-refractivity contribution is 0.477. The second-order valence-corrected chi connectivity index (χ2v) is 4.94. The van der Waals surface area contributed by atoms with Gasteiger partial charge in [-0.2, -0.15) is 0 Å². The predicted molar refractivity (Wildman–Crippen MR) is 72.5 cm³/mol. The molecule has 2 aromatic rings. The molecule has 0 radical (unpaired) electrons. The molecular weight excluding hydrogens is 222 g/mol. The zero-order valence-electron chi connectivity index (χ0n) is 10.5. The fourth-order valence-corrected chi connectivity index (χ4v) is 2.97. The van der Waals surface area contributed by atoms with Crippen molar-refractivity contribution in [2.75, 3.05) is 6.54 Å². The molecule has 3 nitrogen and oxygen atoms in total. The van der Waals surface area contributed by atoms with Crippen LogP contribution in [-0.2, 0) is 12.8 Å². The summed E-state index contributed by atoms with van der Waals surface area (Å²) in [6, 6.07) is 9.22. The third kappa shape index (κ3) is 1.95. The second-order valence-electron chi connectivity index (χ2n) is 4.94. The summed E-state index contributed by atoms with van der Waals surface area (Å²) in [7, 11) is 0. The van der Waals surface area contributed by atoms with E-state index in [4.69, 9.17) is 5.73 Å². The summed E-state index contributed by atoms with van der Waals surface area (Å²) in [5.41, 5.74) is 9.87. The average molecular weight is 241 g/mol. The van der Waals surface area contributed by atoms with Crippen molar-refractivity contribution >= 4 is 0 Å². The first-order chi connectivity index (χ1) is 8.90. The van der Waals surface area contributed by atoms with Crippen LogP contribution in [0.2, 0.25) is 0 Å². The molecule has 0 fully saturated rings. The number of rotatable bonds is 3. The summed E-state index contributed by atoms with van der Waals surface area (Å²) in [6.07, 6.45) is 8.46. The molecule has 2 N–H and O–H groups in total. The number of benzene rings is 1. The number of nitrogens with two attached hydrogens (primary N) is 1. The van der Waals surface area contributed by atoms with Crippen LogP contribution in [0.1, 0.15) is 35.7 Å². The van der Waals surface area contributed by atoms with Crippen LogP contribution < -0.4 is 5.73 Å². The third-order valence-corrected chi connectivity index (χ3v) is 3.82. The van der Waals surface area contributed by atoms with E-state index in [0.29, 0.717) is 12.6 Å². The first-order valence-corrected chi connectivity index (χ1v) is 6.68. The Morgan fingerprint density at radius 3 is 3.11 bits per heavy atom. The molecule has 3 heteroatoms. The molecule has 1 aliphatic carbocycles. The Balaban J connectivity index is 2.00. The Morgan fingerprint density at radius 2 is 2.22 bits per heavy atom. The van der Waals surface area contributed by atoms with Crippen LogP contribution in [0.25, 0.3) is 0 Å². The Labute approximate surface area is 108 Å². The number of hydrogen-bond acceptors (Lipinski definition) is 2. The van der Waals surface area contributed by atoms with Crippen molar-refractivity contribution in [3.63, 3.8) is 0 Å². The van der Waals surface area contributed by atoms with Gasteiger partial charge in [-0.15, -0.1) is 0 Å². The van der Waals surface area contributed by atoms with Crippen molar-refractivity contribution < 1.29 is 0 Å². The molecule has 1 unspecified atom stereocenters. The van der Waals surface area contributed by atoms with E-state index in [1.165, 1.54) is 36.1 Å². The second kappa shape index (κ2) is 4.94. The number of fused-ring (bicyclic) bond motifs is 1. The predicted octanol–water partition coefficient (Wildman–Crippen LogP) is 2.31. The maximum Gasteiger partial charge on any atom is 0.0953 e. The lowest BCUT2D eigenvalue weighted by Crippen LogP contribution is -2.19. The Morgan fingerprint density at radius 1 is 1.33 bits per heavy atom. The van der Waals surface area contributed by atoms with E-state index in [1.54, 1.807) is 0 Å². The number of aromatic nitrogens is 2. The van der Waals surface area contributed by atoms with E-state index < -0.39 is 0 Å². The largest absolute Gasteiger partial charge is 0.330 e. The van der Waals surface area contributed by atoms with Gasteiger partial charge in [0.15, 0.2) is 0 Å². The topological polar surface area (TPSA) is 43.8 Å². The molecule has 0 aliphatic heterocycles. The van der Waals surface area contributed by atoms with E-state index in [2.05, 4.69) is 33.8 Å². The van der Waals surface area contributed by atoms with E-state index in [1.807, 2.05) is 12.5 Å². The Kier molecular flexibility index (Phi) is 3.15. The van der Waals surface area contributed by atoms with Gasteiger partial charge in [0, 0.05) is 18.3 Å². The average Bonchev–Trinajstić information content (AvgIpc) is 2.87. The third-order valence-electron chi connectivity index (χ3n) is 3.82. The minimum Gasteiger partial charge on any atom is -0.330 e. The highest BCUT2D eigenvalue weighted by Gasteiger charge is 2.22. The highest BCUT2D eigenvalue weighted by Crippen LogP contribution is 2.33. The van der Waals surface area contributed by atoms with Crippen molar-refractivity contribution in [1.29, 1.82) is 0 Å². The molecule has 1 heterocycles. The molecule has 0 spiro atoms. The molecule has 0 amide bonds. The van der Waals surface area contributed by atoms with Gasteiger partial charge < -0.3 is 10.3 Å². The van der Waals surface area contributed by atoms with Gasteiger partial charge >= 0.3 is 0 Å². The highest BCUT2D eigenvalue weighted by atomic mass is 15.1.